The van der Waals surface area contributed by atoms with Crippen molar-refractivity contribution in [1.82, 2.24) is 9.55 Å². The molecule has 1 aromatic heterocycles. The molecule has 1 N–H and O–H groups in total. The largest absolute Gasteiger partial charge is 0.496 e. The molecule has 0 fully saturated rings. The number of imidazole rings is 1. The van der Waals surface area contributed by atoms with Gasteiger partial charge in [0.05, 0.1) is 7.11 Å². The summed E-state index contributed by atoms with van der Waals surface area (Å²) in [6.45, 7) is 1.75. The fraction of sp³-hybridized carbons (Fsp3) is 0.286. The van der Waals surface area contributed by atoms with Crippen molar-refractivity contribution in [2.75, 3.05) is 7.11 Å². The lowest BCUT2D eigenvalue weighted by molar-refractivity contribution is 0.0690. The third-order valence-electron chi connectivity index (χ3n) is 3.22. The summed E-state index contributed by atoms with van der Waals surface area (Å²) < 4.78 is 7.09. The minimum Gasteiger partial charge on any atom is -0.496 e. The highest BCUT2D eigenvalue weighted by Gasteiger charge is 2.17. The highest BCUT2D eigenvalue weighted by Crippen LogP contribution is 2.21. The number of aromatic nitrogens is 2. The van der Waals surface area contributed by atoms with Crippen LogP contribution in [0.3, 0.4) is 0 Å². The van der Waals surface area contributed by atoms with E-state index in [1.54, 1.807) is 18.6 Å². The average molecular weight is 260 g/mol. The lowest BCUT2D eigenvalue weighted by atomic mass is 10.1. The number of nitrogens with zero attached hydrogens (tertiary/aromatic N) is 2. The number of hydrogen-bond donors (Lipinski definition) is 1. The van der Waals surface area contributed by atoms with Crippen molar-refractivity contribution in [3.63, 3.8) is 0 Å². The van der Waals surface area contributed by atoms with Gasteiger partial charge in [0.15, 0.2) is 5.69 Å². The molecule has 2 rings (SSSR count). The molecule has 2 aromatic rings. The summed E-state index contributed by atoms with van der Waals surface area (Å²) in [5, 5.41) is 9.07. The number of benzene rings is 1. The number of methoxy groups -OCH3 is 1. The van der Waals surface area contributed by atoms with Crippen LogP contribution in [0, 0.1) is 6.92 Å². The molecule has 19 heavy (non-hydrogen) atoms. The number of ether oxygens (including phenoxy) is 1. The molecular weight excluding hydrogens is 244 g/mol. The van der Waals surface area contributed by atoms with Gasteiger partial charge in [0.1, 0.15) is 11.6 Å². The first-order chi connectivity index (χ1) is 9.04. The molecule has 0 bridgehead atoms. The molecule has 1 aromatic carbocycles. The second-order valence-corrected chi connectivity index (χ2v) is 4.31. The van der Waals surface area contributed by atoms with Crippen LogP contribution >= 0.6 is 0 Å². The van der Waals surface area contributed by atoms with Crippen molar-refractivity contribution in [2.45, 2.75) is 13.3 Å². The molecular formula is C14H16N2O3. The Labute approximate surface area is 111 Å². The lowest BCUT2D eigenvalue weighted by Gasteiger charge is -2.08. The zero-order valence-corrected chi connectivity index (χ0v) is 11.2. The van der Waals surface area contributed by atoms with Gasteiger partial charge >= 0.3 is 5.97 Å². The summed E-state index contributed by atoms with van der Waals surface area (Å²) in [7, 11) is 3.44. The van der Waals surface area contributed by atoms with Crippen LogP contribution in [0.5, 0.6) is 5.75 Å². The van der Waals surface area contributed by atoms with Crippen LogP contribution in [0.15, 0.2) is 24.3 Å². The number of carboxylic acids is 1. The molecule has 0 atom stereocenters. The van der Waals surface area contributed by atoms with E-state index in [0.29, 0.717) is 17.9 Å². The number of aromatic carboxylic acids is 1. The maximum absolute atomic E-state index is 11.1. The monoisotopic (exact) mass is 260 g/mol. The smallest absolute Gasteiger partial charge is 0.356 e. The van der Waals surface area contributed by atoms with Crippen LogP contribution < -0.4 is 4.74 Å². The topological polar surface area (TPSA) is 64.3 Å². The maximum Gasteiger partial charge on any atom is 0.356 e. The molecule has 0 spiro atoms. The van der Waals surface area contributed by atoms with Crippen LogP contribution in [0.1, 0.15) is 27.6 Å². The molecule has 0 amide bonds. The van der Waals surface area contributed by atoms with Gasteiger partial charge in [-0.2, -0.15) is 0 Å². The van der Waals surface area contributed by atoms with Gasteiger partial charge in [0.2, 0.25) is 0 Å². The van der Waals surface area contributed by atoms with Crippen molar-refractivity contribution in [1.29, 1.82) is 0 Å². The Kier molecular flexibility index (Phi) is 3.55. The highest BCUT2D eigenvalue weighted by atomic mass is 16.5. The second kappa shape index (κ2) is 5.14. The summed E-state index contributed by atoms with van der Waals surface area (Å²) >= 11 is 0. The Morgan fingerprint density at radius 3 is 2.68 bits per heavy atom. The third kappa shape index (κ3) is 2.45. The van der Waals surface area contributed by atoms with Crippen molar-refractivity contribution in [3.05, 3.63) is 47.0 Å². The van der Waals surface area contributed by atoms with Gasteiger partial charge in [0.25, 0.3) is 0 Å². The Morgan fingerprint density at radius 1 is 1.42 bits per heavy atom. The van der Waals surface area contributed by atoms with E-state index in [9.17, 15) is 4.79 Å². The van der Waals surface area contributed by atoms with Crippen molar-refractivity contribution in [3.8, 4) is 5.75 Å². The predicted molar refractivity (Wildman–Crippen MR) is 70.7 cm³/mol. The summed E-state index contributed by atoms with van der Waals surface area (Å²) in [5.41, 5.74) is 1.74. The van der Waals surface area contributed by atoms with Gasteiger partial charge in [-0.1, -0.05) is 18.2 Å². The first-order valence-electron chi connectivity index (χ1n) is 5.92. The van der Waals surface area contributed by atoms with Gasteiger partial charge in [0, 0.05) is 24.7 Å². The van der Waals surface area contributed by atoms with Gasteiger partial charge < -0.3 is 14.4 Å². The van der Waals surface area contributed by atoms with E-state index in [4.69, 9.17) is 9.84 Å². The fourth-order valence-corrected chi connectivity index (χ4v) is 2.02. The van der Waals surface area contributed by atoms with Crippen LogP contribution in [0.25, 0.3) is 0 Å². The maximum atomic E-state index is 11.1. The second-order valence-electron chi connectivity index (χ2n) is 4.31. The molecule has 1 heterocycles. The molecule has 5 heteroatoms. The van der Waals surface area contributed by atoms with E-state index in [0.717, 1.165) is 11.3 Å². The summed E-state index contributed by atoms with van der Waals surface area (Å²) in [5.74, 6) is 0.485. The SMILES string of the molecule is COc1ccccc1Cc1nc(C(=O)O)c(C)n1C. The Morgan fingerprint density at radius 2 is 2.11 bits per heavy atom. The van der Waals surface area contributed by atoms with E-state index < -0.39 is 5.97 Å². The van der Waals surface area contributed by atoms with Gasteiger partial charge in [-0.25, -0.2) is 9.78 Å². The zero-order chi connectivity index (χ0) is 14.0. The van der Waals surface area contributed by atoms with Crippen LogP contribution in [0.2, 0.25) is 0 Å². The minimum atomic E-state index is -1.00. The quantitative estimate of drug-likeness (QED) is 0.913. The molecule has 0 radical (unpaired) electrons. The van der Waals surface area contributed by atoms with Crippen LogP contribution in [-0.2, 0) is 13.5 Å². The number of carboxylic acid groups (broad SMARTS) is 1. The van der Waals surface area contributed by atoms with E-state index in [1.807, 2.05) is 31.3 Å². The van der Waals surface area contributed by atoms with Gasteiger partial charge in [-0.05, 0) is 13.0 Å². The molecule has 0 aliphatic heterocycles. The molecule has 0 aliphatic carbocycles. The number of hydrogen-bond acceptors (Lipinski definition) is 3. The molecule has 0 aliphatic rings. The van der Waals surface area contributed by atoms with E-state index in [2.05, 4.69) is 4.98 Å². The van der Waals surface area contributed by atoms with E-state index >= 15 is 0 Å². The van der Waals surface area contributed by atoms with E-state index in [-0.39, 0.29) is 5.69 Å². The summed E-state index contributed by atoms with van der Waals surface area (Å²) in [4.78, 5) is 15.2. The van der Waals surface area contributed by atoms with Crippen LogP contribution in [0.4, 0.5) is 0 Å². The van der Waals surface area contributed by atoms with Gasteiger partial charge in [-0.3, -0.25) is 0 Å². The van der Waals surface area contributed by atoms with Crippen LogP contribution in [-0.4, -0.2) is 27.7 Å². The Bertz CT molecular complexity index is 617. The average Bonchev–Trinajstić information content (AvgIpc) is 2.68. The molecule has 0 saturated carbocycles. The number of para-hydroxylation sites is 1. The normalized spacial score (nSPS) is 10.5. The molecule has 100 valence electrons. The molecule has 0 saturated heterocycles. The third-order valence-corrected chi connectivity index (χ3v) is 3.22. The van der Waals surface area contributed by atoms with Crippen molar-refractivity contribution >= 4 is 5.97 Å². The minimum absolute atomic E-state index is 0.104. The van der Waals surface area contributed by atoms with Crippen molar-refractivity contribution < 1.29 is 14.6 Å². The first kappa shape index (κ1) is 13.1. The Hall–Kier alpha value is -2.30. The number of rotatable bonds is 4. The fourth-order valence-electron chi connectivity index (χ4n) is 2.02. The van der Waals surface area contributed by atoms with Gasteiger partial charge in [-0.15, -0.1) is 0 Å². The molecule has 0 unspecified atom stereocenters. The number of carbonyl (C=O) groups is 1. The van der Waals surface area contributed by atoms with E-state index in [1.165, 1.54) is 0 Å². The summed E-state index contributed by atoms with van der Waals surface area (Å²) in [6.07, 6.45) is 0.536. The predicted octanol–water partition coefficient (Wildman–Crippen LogP) is 2.03. The highest BCUT2D eigenvalue weighted by molar-refractivity contribution is 5.86. The first-order valence-corrected chi connectivity index (χ1v) is 5.92. The zero-order valence-electron chi connectivity index (χ0n) is 11.2. The Balaban J connectivity index is 2.39. The summed E-state index contributed by atoms with van der Waals surface area (Å²) in [6, 6.07) is 7.65. The van der Waals surface area contributed by atoms with Crippen molar-refractivity contribution in [2.24, 2.45) is 7.05 Å². The standard InChI is InChI=1S/C14H16N2O3/c1-9-13(14(17)18)15-12(16(9)2)8-10-6-4-5-7-11(10)19-3/h4-7H,8H2,1-3H3,(H,17,18). The lowest BCUT2D eigenvalue weighted by Crippen LogP contribution is -2.02. The molecule has 5 nitrogen and oxygen atoms in total.